The van der Waals surface area contributed by atoms with Gasteiger partial charge >= 0.3 is 0 Å². The Kier molecular flexibility index (Phi) is 13.0. The zero-order chi connectivity index (χ0) is 34.3. The van der Waals surface area contributed by atoms with E-state index in [2.05, 4.69) is 171 Å². The second-order valence-corrected chi connectivity index (χ2v) is 11.6. The van der Waals surface area contributed by atoms with Crippen LogP contribution in [0.3, 0.4) is 0 Å². The van der Waals surface area contributed by atoms with Gasteiger partial charge in [-0.2, -0.15) is 12.6 Å². The lowest BCUT2D eigenvalue weighted by molar-refractivity contribution is 1.24. The highest BCUT2D eigenvalue weighted by molar-refractivity contribution is 7.83. The highest BCUT2D eigenvalue weighted by Gasteiger charge is 2.11. The fraction of sp³-hybridized carbons (Fsp3) is 0.0851. The van der Waals surface area contributed by atoms with Gasteiger partial charge in [-0.15, -0.1) is 0 Å². The van der Waals surface area contributed by atoms with Crippen molar-refractivity contribution in [1.82, 2.24) is 4.98 Å². The Bertz CT molecular complexity index is 2020. The molecule has 0 aliphatic rings. The molecule has 0 aliphatic heterocycles. The predicted octanol–water partition coefficient (Wildman–Crippen LogP) is 13.0. The molecule has 1 aromatic heterocycles. The van der Waals surface area contributed by atoms with Crippen LogP contribution in [0.2, 0.25) is 0 Å². The number of thiol groups is 1. The minimum Gasteiger partial charge on any atom is -0.248 e. The maximum absolute atomic E-state index is 5.20. The summed E-state index contributed by atoms with van der Waals surface area (Å²) in [6, 6.07) is 53.1. The highest BCUT2D eigenvalue weighted by Crippen LogP contribution is 2.31. The third kappa shape index (κ3) is 9.56. The van der Waals surface area contributed by atoms with E-state index in [1.54, 1.807) is 0 Å². The largest absolute Gasteiger partial charge is 0.248 e. The van der Waals surface area contributed by atoms with Crippen LogP contribution in [0.1, 0.15) is 36.2 Å². The van der Waals surface area contributed by atoms with Gasteiger partial charge in [0.1, 0.15) is 0 Å². The van der Waals surface area contributed by atoms with Crippen LogP contribution >= 0.6 is 12.6 Å². The van der Waals surface area contributed by atoms with E-state index < -0.39 is 0 Å². The lowest BCUT2D eigenvalue weighted by atomic mass is 9.97. The third-order valence-corrected chi connectivity index (χ3v) is 8.47. The molecule has 0 spiro atoms. The third-order valence-electron chi connectivity index (χ3n) is 8.19. The average Bonchev–Trinajstić information content (AvgIpc) is 3.19. The summed E-state index contributed by atoms with van der Waals surface area (Å²) in [5.41, 5.74) is 13.2. The molecule has 0 fully saturated rings. The zero-order valence-corrected chi connectivity index (χ0v) is 29.2. The Morgan fingerprint density at radius 2 is 1.14 bits per heavy atom. The molecular formula is C47H43NS. The van der Waals surface area contributed by atoms with E-state index >= 15 is 0 Å². The molecule has 6 rings (SSSR count). The van der Waals surface area contributed by atoms with Crippen molar-refractivity contribution in [2.45, 2.75) is 26.7 Å². The number of hydrogen-bond acceptors (Lipinski definition) is 2. The Labute approximate surface area is 298 Å². The number of hydrogen-bond donors (Lipinski definition) is 1. The molecule has 0 aliphatic carbocycles. The average molecular weight is 654 g/mol. The molecule has 242 valence electrons. The fourth-order valence-electron chi connectivity index (χ4n) is 5.62. The van der Waals surface area contributed by atoms with Crippen LogP contribution in [0.25, 0.3) is 44.7 Å². The summed E-state index contributed by atoms with van der Waals surface area (Å²) < 4.78 is 0. The van der Waals surface area contributed by atoms with Gasteiger partial charge in [0.05, 0.1) is 11.4 Å². The molecule has 0 atom stereocenters. The molecule has 1 nitrogen and oxygen atoms in total. The summed E-state index contributed by atoms with van der Waals surface area (Å²) in [4.78, 5) is 5.20. The maximum Gasteiger partial charge on any atom is 0.0715 e. The van der Waals surface area contributed by atoms with E-state index in [9.17, 15) is 0 Å². The van der Waals surface area contributed by atoms with Gasteiger partial charge in [-0.1, -0.05) is 178 Å². The first-order chi connectivity index (χ1) is 24.2. The minimum atomic E-state index is 0.782. The van der Waals surface area contributed by atoms with Crippen LogP contribution in [0.15, 0.2) is 188 Å². The number of rotatable bonds is 11. The fourth-order valence-corrected chi connectivity index (χ4v) is 5.85. The quantitative estimate of drug-likeness (QED) is 0.108. The van der Waals surface area contributed by atoms with Gasteiger partial charge in [-0.3, -0.25) is 0 Å². The lowest BCUT2D eigenvalue weighted by Crippen LogP contribution is -1.95. The van der Waals surface area contributed by atoms with Crippen molar-refractivity contribution in [1.29, 1.82) is 0 Å². The molecule has 5 aromatic carbocycles. The number of aromatic nitrogens is 1. The summed E-state index contributed by atoms with van der Waals surface area (Å²) >= 11 is 4.56. The molecule has 0 unspecified atom stereocenters. The molecule has 49 heavy (non-hydrogen) atoms. The van der Waals surface area contributed by atoms with Crippen molar-refractivity contribution in [2.24, 2.45) is 0 Å². The Hall–Kier alpha value is -5.44. The van der Waals surface area contributed by atoms with Crippen molar-refractivity contribution in [3.8, 4) is 33.5 Å². The van der Waals surface area contributed by atoms with E-state index in [1.807, 2.05) is 43.5 Å². The molecule has 6 aromatic rings. The smallest absolute Gasteiger partial charge is 0.0715 e. The molecule has 2 heteroatoms. The van der Waals surface area contributed by atoms with Gasteiger partial charge in [-0.25, -0.2) is 4.98 Å². The van der Waals surface area contributed by atoms with Crippen molar-refractivity contribution >= 4 is 23.8 Å². The van der Waals surface area contributed by atoms with Gasteiger partial charge in [0.2, 0.25) is 0 Å². The van der Waals surface area contributed by atoms with Gasteiger partial charge in [0.15, 0.2) is 0 Å². The molecule has 0 amide bonds. The van der Waals surface area contributed by atoms with Crippen LogP contribution < -0.4 is 0 Å². The second kappa shape index (κ2) is 18.2. The molecule has 0 saturated heterocycles. The standard InChI is InChI=1S/C45H37NS.C2H6/c1-2-36(27-24-35-25-28-39(29-26-35)37-17-8-4-9-18-37)44-31-43(38-19-10-5-11-20-38)32-45(46-44)41-22-13-21-40(30-41)42(33-47)23-12-16-34-14-6-3-7-15-34;1-2/h2-15,17-23,25-33,47H,1,16,24H2;1-2H3/b23-12-,36-27+,42-33+;. The Morgan fingerprint density at radius 1 is 0.571 bits per heavy atom. The molecule has 0 bridgehead atoms. The van der Waals surface area contributed by atoms with Crippen molar-refractivity contribution < 1.29 is 0 Å². The van der Waals surface area contributed by atoms with Crippen molar-refractivity contribution in [2.75, 3.05) is 0 Å². The highest BCUT2D eigenvalue weighted by atomic mass is 32.1. The zero-order valence-electron chi connectivity index (χ0n) is 28.3. The van der Waals surface area contributed by atoms with Gasteiger partial charge in [0.25, 0.3) is 0 Å². The predicted molar refractivity (Wildman–Crippen MR) is 216 cm³/mol. The second-order valence-electron chi connectivity index (χ2n) is 11.4. The Morgan fingerprint density at radius 3 is 1.78 bits per heavy atom. The van der Waals surface area contributed by atoms with Crippen LogP contribution in [-0.4, -0.2) is 4.98 Å². The SMILES string of the molecule is C=C/C(=C\Cc1ccc(-c2ccccc2)cc1)c1cc(-c2ccccc2)cc(-c2cccc(C(/C=C\Cc3ccccc3)=C/S)c2)n1.CC. The maximum atomic E-state index is 5.20. The normalized spacial score (nSPS) is 11.6. The van der Waals surface area contributed by atoms with E-state index in [0.717, 1.165) is 57.6 Å². The monoisotopic (exact) mass is 653 g/mol. The van der Waals surface area contributed by atoms with Gasteiger partial charge in [0, 0.05) is 5.56 Å². The van der Waals surface area contributed by atoms with Crippen LogP contribution in [0.4, 0.5) is 0 Å². The molecule has 1 heterocycles. The summed E-state index contributed by atoms with van der Waals surface area (Å²) in [6.45, 7) is 8.18. The molecular weight excluding hydrogens is 611 g/mol. The van der Waals surface area contributed by atoms with Crippen LogP contribution in [0, 0.1) is 0 Å². The summed E-state index contributed by atoms with van der Waals surface area (Å²) in [7, 11) is 0. The Balaban J connectivity index is 0.00000230. The number of nitrogens with zero attached hydrogens (tertiary/aromatic N) is 1. The van der Waals surface area contributed by atoms with Crippen molar-refractivity contribution in [3.63, 3.8) is 0 Å². The summed E-state index contributed by atoms with van der Waals surface area (Å²) in [5.74, 6) is 0. The number of benzene rings is 5. The van der Waals surface area contributed by atoms with Gasteiger partial charge < -0.3 is 0 Å². The van der Waals surface area contributed by atoms with E-state index in [-0.39, 0.29) is 0 Å². The summed E-state index contributed by atoms with van der Waals surface area (Å²) in [6.07, 6.45) is 10.1. The first-order valence-corrected chi connectivity index (χ1v) is 17.4. The number of pyridine rings is 1. The van der Waals surface area contributed by atoms with Gasteiger partial charge in [-0.05, 0) is 86.5 Å². The van der Waals surface area contributed by atoms with E-state index in [0.29, 0.717) is 0 Å². The molecule has 0 radical (unpaired) electrons. The molecule has 0 N–H and O–H groups in total. The van der Waals surface area contributed by atoms with E-state index in [4.69, 9.17) is 4.98 Å². The first kappa shape index (κ1) is 34.9. The first-order valence-electron chi connectivity index (χ1n) is 16.9. The van der Waals surface area contributed by atoms with E-state index in [1.165, 1.54) is 22.3 Å². The number of allylic oxidation sites excluding steroid dienone is 6. The topological polar surface area (TPSA) is 12.9 Å². The lowest BCUT2D eigenvalue weighted by Gasteiger charge is -2.12. The van der Waals surface area contributed by atoms with Crippen molar-refractivity contribution in [3.05, 3.63) is 210 Å². The van der Waals surface area contributed by atoms with Crippen LogP contribution in [0.5, 0.6) is 0 Å². The van der Waals surface area contributed by atoms with Crippen LogP contribution in [-0.2, 0) is 12.8 Å². The molecule has 0 saturated carbocycles. The minimum absolute atomic E-state index is 0.782. The summed E-state index contributed by atoms with van der Waals surface area (Å²) in [5, 5.41) is 1.87.